The van der Waals surface area contributed by atoms with E-state index in [1.165, 1.54) is 11.1 Å². The molecular formula is C24H21N5O2. The quantitative estimate of drug-likeness (QED) is 0.443. The molecule has 0 radical (unpaired) electrons. The van der Waals surface area contributed by atoms with Crippen LogP contribution in [0.25, 0.3) is 28.2 Å². The monoisotopic (exact) mass is 411 g/mol. The van der Waals surface area contributed by atoms with Gasteiger partial charge in [0.2, 0.25) is 11.7 Å². The fraction of sp³-hybridized carbons (Fsp3) is 0.167. The summed E-state index contributed by atoms with van der Waals surface area (Å²) in [4.78, 5) is 17.5. The second kappa shape index (κ2) is 7.36. The Morgan fingerprint density at radius 1 is 0.935 bits per heavy atom. The molecule has 154 valence electrons. The number of aryl methyl sites for hydroxylation is 3. The summed E-state index contributed by atoms with van der Waals surface area (Å²) >= 11 is 0. The number of nitrogens with zero attached hydrogens (tertiary/aromatic N) is 5. The summed E-state index contributed by atoms with van der Waals surface area (Å²) in [5.74, 6) is 0.881. The van der Waals surface area contributed by atoms with Crippen molar-refractivity contribution in [2.75, 3.05) is 0 Å². The fourth-order valence-electron chi connectivity index (χ4n) is 3.56. The molecule has 0 unspecified atom stereocenters. The average Bonchev–Trinajstić information content (AvgIpc) is 3.40. The van der Waals surface area contributed by atoms with Crippen LogP contribution < -0.4 is 5.56 Å². The first-order chi connectivity index (χ1) is 15.0. The van der Waals surface area contributed by atoms with Crippen molar-refractivity contribution in [1.82, 2.24) is 24.3 Å². The van der Waals surface area contributed by atoms with Crippen LogP contribution in [-0.2, 0) is 6.54 Å². The molecule has 7 nitrogen and oxygen atoms in total. The molecule has 3 aromatic heterocycles. The molecule has 2 aromatic carbocycles. The van der Waals surface area contributed by atoms with E-state index in [0.29, 0.717) is 17.2 Å². The Bertz CT molecular complexity index is 1480. The molecule has 0 spiro atoms. The minimum Gasteiger partial charge on any atom is -0.337 e. The predicted octanol–water partition coefficient (Wildman–Crippen LogP) is 4.19. The molecule has 0 aliphatic heterocycles. The van der Waals surface area contributed by atoms with Gasteiger partial charge in [-0.05, 0) is 50.1 Å². The van der Waals surface area contributed by atoms with Crippen molar-refractivity contribution in [2.45, 2.75) is 27.3 Å². The van der Waals surface area contributed by atoms with E-state index in [0.717, 1.165) is 22.4 Å². The van der Waals surface area contributed by atoms with Crippen molar-refractivity contribution in [1.29, 1.82) is 0 Å². The highest BCUT2D eigenvalue weighted by molar-refractivity contribution is 5.66. The molecule has 0 fully saturated rings. The Balaban J connectivity index is 1.47. The first-order valence-corrected chi connectivity index (χ1v) is 10.0. The standard InChI is InChI=1S/C24H21N5O2/c1-15-5-4-6-19(11-15)23-25-22(31-27-23)14-28-9-10-29-21(24(28)30)13-20(26-29)18-8-7-16(2)17(3)12-18/h4-13H,14H2,1-3H3. The maximum atomic E-state index is 13.0. The SMILES string of the molecule is Cc1cccc(-c2noc(Cn3ccn4nc(-c5ccc(C)c(C)c5)cc4c3=O)n2)c1. The summed E-state index contributed by atoms with van der Waals surface area (Å²) in [6.07, 6.45) is 3.45. The van der Waals surface area contributed by atoms with E-state index in [1.54, 1.807) is 21.5 Å². The molecule has 0 aliphatic carbocycles. The van der Waals surface area contributed by atoms with Crippen LogP contribution in [0.15, 0.2) is 70.2 Å². The van der Waals surface area contributed by atoms with Crippen LogP contribution >= 0.6 is 0 Å². The first kappa shape index (κ1) is 19.0. The van der Waals surface area contributed by atoms with Crippen LogP contribution in [0.3, 0.4) is 0 Å². The molecule has 0 N–H and O–H groups in total. The van der Waals surface area contributed by atoms with Gasteiger partial charge < -0.3 is 9.09 Å². The zero-order chi connectivity index (χ0) is 21.5. The molecule has 0 aliphatic rings. The average molecular weight is 411 g/mol. The molecule has 0 saturated carbocycles. The minimum atomic E-state index is -0.166. The Morgan fingerprint density at radius 3 is 2.61 bits per heavy atom. The van der Waals surface area contributed by atoms with Crippen LogP contribution in [0.1, 0.15) is 22.6 Å². The lowest BCUT2D eigenvalue weighted by molar-refractivity contribution is 0.370. The van der Waals surface area contributed by atoms with Crippen molar-refractivity contribution in [3.05, 3.63) is 93.9 Å². The smallest absolute Gasteiger partial charge is 0.277 e. The normalized spacial score (nSPS) is 11.3. The highest BCUT2D eigenvalue weighted by Crippen LogP contribution is 2.22. The molecule has 0 saturated heterocycles. The lowest BCUT2D eigenvalue weighted by Crippen LogP contribution is -2.21. The second-order valence-corrected chi connectivity index (χ2v) is 7.77. The van der Waals surface area contributed by atoms with Crippen LogP contribution in [-0.4, -0.2) is 24.3 Å². The van der Waals surface area contributed by atoms with Crippen LogP contribution in [0.2, 0.25) is 0 Å². The molecule has 3 heterocycles. The summed E-state index contributed by atoms with van der Waals surface area (Å²) in [6, 6.07) is 15.9. The van der Waals surface area contributed by atoms with Gasteiger partial charge in [-0.1, -0.05) is 41.1 Å². The van der Waals surface area contributed by atoms with E-state index in [-0.39, 0.29) is 12.1 Å². The van der Waals surface area contributed by atoms with Crippen molar-refractivity contribution in [3.63, 3.8) is 0 Å². The van der Waals surface area contributed by atoms with Crippen molar-refractivity contribution >= 4 is 5.52 Å². The number of benzene rings is 2. The van der Waals surface area contributed by atoms with Crippen LogP contribution in [0.5, 0.6) is 0 Å². The van der Waals surface area contributed by atoms with Crippen molar-refractivity contribution < 1.29 is 4.52 Å². The van der Waals surface area contributed by atoms with E-state index in [4.69, 9.17) is 4.52 Å². The molecule has 5 aromatic rings. The number of hydrogen-bond donors (Lipinski definition) is 0. The van der Waals surface area contributed by atoms with Gasteiger partial charge in [-0.3, -0.25) is 4.79 Å². The number of hydrogen-bond acceptors (Lipinski definition) is 5. The van der Waals surface area contributed by atoms with Crippen LogP contribution in [0.4, 0.5) is 0 Å². The van der Waals surface area contributed by atoms with E-state index in [2.05, 4.69) is 41.2 Å². The topological polar surface area (TPSA) is 78.2 Å². The minimum absolute atomic E-state index is 0.166. The number of rotatable bonds is 4. The van der Waals surface area contributed by atoms with E-state index >= 15 is 0 Å². The third-order valence-electron chi connectivity index (χ3n) is 5.46. The van der Waals surface area contributed by atoms with Gasteiger partial charge in [-0.2, -0.15) is 10.1 Å². The van der Waals surface area contributed by atoms with Gasteiger partial charge in [0.1, 0.15) is 12.1 Å². The zero-order valence-electron chi connectivity index (χ0n) is 17.5. The summed E-state index contributed by atoms with van der Waals surface area (Å²) in [5.41, 5.74) is 6.48. The highest BCUT2D eigenvalue weighted by atomic mass is 16.5. The molecule has 0 amide bonds. The third-order valence-corrected chi connectivity index (χ3v) is 5.46. The van der Waals surface area contributed by atoms with E-state index in [9.17, 15) is 4.79 Å². The van der Waals surface area contributed by atoms with Gasteiger partial charge in [0.15, 0.2) is 0 Å². The van der Waals surface area contributed by atoms with Gasteiger partial charge >= 0.3 is 0 Å². The molecular weight excluding hydrogens is 390 g/mol. The second-order valence-electron chi connectivity index (χ2n) is 7.77. The Hall–Kier alpha value is -4.00. The summed E-state index contributed by atoms with van der Waals surface area (Å²) < 4.78 is 8.54. The van der Waals surface area contributed by atoms with E-state index < -0.39 is 0 Å². The van der Waals surface area contributed by atoms with Gasteiger partial charge in [-0.15, -0.1) is 0 Å². The first-order valence-electron chi connectivity index (χ1n) is 10.0. The largest absolute Gasteiger partial charge is 0.337 e. The number of aromatic nitrogens is 5. The summed E-state index contributed by atoms with van der Waals surface area (Å²) in [5, 5.41) is 8.62. The van der Waals surface area contributed by atoms with Gasteiger partial charge in [-0.25, -0.2) is 4.52 Å². The molecule has 5 rings (SSSR count). The maximum Gasteiger partial charge on any atom is 0.277 e. The Morgan fingerprint density at radius 2 is 1.81 bits per heavy atom. The van der Waals surface area contributed by atoms with Crippen molar-refractivity contribution in [3.8, 4) is 22.6 Å². The Labute approximate surface area is 178 Å². The van der Waals surface area contributed by atoms with Gasteiger partial charge in [0, 0.05) is 23.5 Å². The zero-order valence-corrected chi connectivity index (χ0v) is 17.5. The fourth-order valence-corrected chi connectivity index (χ4v) is 3.56. The highest BCUT2D eigenvalue weighted by Gasteiger charge is 2.13. The van der Waals surface area contributed by atoms with Crippen molar-refractivity contribution in [2.24, 2.45) is 0 Å². The lowest BCUT2D eigenvalue weighted by atomic mass is 10.0. The third kappa shape index (κ3) is 3.54. The number of fused-ring (bicyclic) bond motifs is 1. The van der Waals surface area contributed by atoms with Gasteiger partial charge in [0.05, 0.1) is 5.69 Å². The Kier molecular flexibility index (Phi) is 4.51. The van der Waals surface area contributed by atoms with Gasteiger partial charge in [0.25, 0.3) is 5.56 Å². The predicted molar refractivity (Wildman–Crippen MR) is 118 cm³/mol. The van der Waals surface area contributed by atoms with E-state index in [1.807, 2.05) is 43.3 Å². The molecule has 7 heteroatoms. The summed E-state index contributed by atoms with van der Waals surface area (Å²) in [6.45, 7) is 6.34. The molecule has 31 heavy (non-hydrogen) atoms. The lowest BCUT2D eigenvalue weighted by Gasteiger charge is -2.02. The van der Waals surface area contributed by atoms with Crippen LogP contribution in [0, 0.1) is 20.8 Å². The summed E-state index contributed by atoms with van der Waals surface area (Å²) in [7, 11) is 0. The maximum absolute atomic E-state index is 13.0. The molecule has 0 bridgehead atoms. The molecule has 0 atom stereocenters.